The van der Waals surface area contributed by atoms with Crippen molar-refractivity contribution in [1.82, 2.24) is 0 Å². The summed E-state index contributed by atoms with van der Waals surface area (Å²) >= 11 is 0. The van der Waals surface area contributed by atoms with E-state index in [0.717, 1.165) is 25.5 Å². The van der Waals surface area contributed by atoms with Crippen LogP contribution >= 0.6 is 0 Å². The zero-order chi connectivity index (χ0) is 9.45. The maximum Gasteiger partial charge on any atom is 0.120 e. The molecule has 0 radical (unpaired) electrons. The van der Waals surface area contributed by atoms with E-state index in [1.165, 1.54) is 6.42 Å². The Labute approximate surface area is 74.6 Å². The summed E-state index contributed by atoms with van der Waals surface area (Å²) in [6.07, 6.45) is 5.45. The molecule has 0 aromatic heterocycles. The lowest BCUT2D eigenvalue weighted by Gasteiger charge is -1.97. The molecule has 1 rings (SSSR count). The molecule has 0 atom stereocenters. The minimum atomic E-state index is -0.0824. The molecule has 0 aromatic rings. The quantitative estimate of drug-likeness (QED) is 0.606. The molecule has 1 saturated carbocycles. The van der Waals surface area contributed by atoms with Crippen molar-refractivity contribution in [2.45, 2.75) is 46.0 Å². The van der Waals surface area contributed by atoms with Gasteiger partial charge < -0.3 is 4.79 Å². The first-order chi connectivity index (χ1) is 5.74. The summed E-state index contributed by atoms with van der Waals surface area (Å²) < 4.78 is 0. The number of aldehydes is 1. The predicted octanol–water partition coefficient (Wildman–Crippen LogP) is 2.69. The monoisotopic (exact) mass is 167 g/mol. The standard InChI is InChI=1S/C7H9NO.C3H8/c8-6-7(3-4-7)2-1-5-9;1-3-2/h5H,1-4H2;3H2,1-2H3. The number of carbonyl (C=O) groups excluding carboxylic acids is 1. The first kappa shape index (κ1) is 11.2. The summed E-state index contributed by atoms with van der Waals surface area (Å²) in [4.78, 5) is 9.89. The molecule has 0 unspecified atom stereocenters. The lowest BCUT2D eigenvalue weighted by Crippen LogP contribution is -1.94. The van der Waals surface area contributed by atoms with Crippen LogP contribution in [-0.4, -0.2) is 6.29 Å². The van der Waals surface area contributed by atoms with Crippen LogP contribution in [-0.2, 0) is 4.79 Å². The van der Waals surface area contributed by atoms with Gasteiger partial charge in [-0.2, -0.15) is 5.26 Å². The van der Waals surface area contributed by atoms with Crippen molar-refractivity contribution in [2.24, 2.45) is 5.41 Å². The van der Waals surface area contributed by atoms with E-state index in [4.69, 9.17) is 5.26 Å². The van der Waals surface area contributed by atoms with E-state index in [9.17, 15) is 4.79 Å². The zero-order valence-corrected chi connectivity index (χ0v) is 7.97. The van der Waals surface area contributed by atoms with E-state index in [2.05, 4.69) is 19.9 Å². The summed E-state index contributed by atoms with van der Waals surface area (Å²) in [5, 5.41) is 8.52. The van der Waals surface area contributed by atoms with Gasteiger partial charge in [-0.25, -0.2) is 0 Å². The van der Waals surface area contributed by atoms with E-state index >= 15 is 0 Å². The van der Waals surface area contributed by atoms with Crippen LogP contribution in [0.4, 0.5) is 0 Å². The molecular weight excluding hydrogens is 150 g/mol. The number of hydrogen-bond acceptors (Lipinski definition) is 2. The average Bonchev–Trinajstić information content (AvgIpc) is 2.83. The molecule has 68 valence electrons. The Morgan fingerprint density at radius 1 is 1.50 bits per heavy atom. The fraction of sp³-hybridized carbons (Fsp3) is 0.800. The van der Waals surface area contributed by atoms with Crippen LogP contribution in [0.1, 0.15) is 46.0 Å². The zero-order valence-electron chi connectivity index (χ0n) is 7.97. The Hall–Kier alpha value is -0.840. The van der Waals surface area contributed by atoms with Crippen LogP contribution < -0.4 is 0 Å². The van der Waals surface area contributed by atoms with Crippen LogP contribution in [0.5, 0.6) is 0 Å². The predicted molar refractivity (Wildman–Crippen MR) is 48.5 cm³/mol. The van der Waals surface area contributed by atoms with Gasteiger partial charge in [-0.15, -0.1) is 0 Å². The molecule has 1 aliphatic rings. The summed E-state index contributed by atoms with van der Waals surface area (Å²) in [5.74, 6) is 0. The molecule has 2 nitrogen and oxygen atoms in total. The van der Waals surface area contributed by atoms with Crippen molar-refractivity contribution < 1.29 is 4.79 Å². The maximum atomic E-state index is 9.89. The van der Waals surface area contributed by atoms with Gasteiger partial charge in [0.1, 0.15) is 6.29 Å². The molecule has 0 aliphatic heterocycles. The first-order valence-electron chi connectivity index (χ1n) is 4.59. The third-order valence-electron chi connectivity index (χ3n) is 1.83. The lowest BCUT2D eigenvalue weighted by atomic mass is 10.0. The van der Waals surface area contributed by atoms with Gasteiger partial charge in [-0.3, -0.25) is 0 Å². The second-order valence-corrected chi connectivity index (χ2v) is 3.30. The number of carbonyl (C=O) groups is 1. The normalized spacial score (nSPS) is 16.8. The number of hydrogen-bond donors (Lipinski definition) is 0. The summed E-state index contributed by atoms with van der Waals surface area (Å²) in [5.41, 5.74) is -0.0824. The molecule has 1 aliphatic carbocycles. The average molecular weight is 167 g/mol. The first-order valence-corrected chi connectivity index (χ1v) is 4.59. The van der Waals surface area contributed by atoms with Gasteiger partial charge in [0.2, 0.25) is 0 Å². The van der Waals surface area contributed by atoms with E-state index in [1.54, 1.807) is 0 Å². The highest BCUT2D eigenvalue weighted by molar-refractivity contribution is 5.49. The molecule has 0 bridgehead atoms. The molecule has 0 saturated heterocycles. The number of nitriles is 1. The largest absolute Gasteiger partial charge is 0.303 e. The maximum absolute atomic E-state index is 9.89. The second-order valence-electron chi connectivity index (χ2n) is 3.30. The fourth-order valence-corrected chi connectivity index (χ4v) is 0.904. The van der Waals surface area contributed by atoms with Crippen LogP contribution in [0.3, 0.4) is 0 Å². The van der Waals surface area contributed by atoms with Gasteiger partial charge in [0.15, 0.2) is 0 Å². The van der Waals surface area contributed by atoms with E-state index in [0.29, 0.717) is 6.42 Å². The summed E-state index contributed by atoms with van der Waals surface area (Å²) in [6.45, 7) is 4.25. The molecule has 0 spiro atoms. The highest BCUT2D eigenvalue weighted by Crippen LogP contribution is 2.48. The Morgan fingerprint density at radius 3 is 2.25 bits per heavy atom. The fourth-order valence-electron chi connectivity index (χ4n) is 0.904. The number of nitrogens with zero attached hydrogens (tertiary/aromatic N) is 1. The molecule has 0 N–H and O–H groups in total. The minimum absolute atomic E-state index is 0.0824. The third kappa shape index (κ3) is 4.12. The minimum Gasteiger partial charge on any atom is -0.303 e. The smallest absolute Gasteiger partial charge is 0.120 e. The number of rotatable bonds is 3. The van der Waals surface area contributed by atoms with Crippen LogP contribution in [0, 0.1) is 16.7 Å². The molecule has 0 amide bonds. The van der Waals surface area contributed by atoms with E-state index < -0.39 is 0 Å². The van der Waals surface area contributed by atoms with Gasteiger partial charge in [-0.1, -0.05) is 20.3 Å². The third-order valence-corrected chi connectivity index (χ3v) is 1.83. The molecule has 2 heteroatoms. The van der Waals surface area contributed by atoms with Crippen LogP contribution in [0.2, 0.25) is 0 Å². The van der Waals surface area contributed by atoms with Gasteiger partial charge in [0, 0.05) is 6.42 Å². The van der Waals surface area contributed by atoms with Gasteiger partial charge in [0.25, 0.3) is 0 Å². The second kappa shape index (κ2) is 5.77. The SMILES string of the molecule is CCC.N#CC1(CCC=O)CC1. The van der Waals surface area contributed by atoms with E-state index in [1.807, 2.05) is 0 Å². The molecule has 12 heavy (non-hydrogen) atoms. The lowest BCUT2D eigenvalue weighted by molar-refractivity contribution is -0.108. The van der Waals surface area contributed by atoms with Crippen molar-refractivity contribution in [2.75, 3.05) is 0 Å². The van der Waals surface area contributed by atoms with Gasteiger partial charge in [-0.05, 0) is 19.3 Å². The van der Waals surface area contributed by atoms with Crippen molar-refractivity contribution in [1.29, 1.82) is 5.26 Å². The van der Waals surface area contributed by atoms with Crippen molar-refractivity contribution in [3.63, 3.8) is 0 Å². The highest BCUT2D eigenvalue weighted by atomic mass is 16.1. The summed E-state index contributed by atoms with van der Waals surface area (Å²) in [7, 11) is 0. The Bertz CT molecular complexity index is 165. The Morgan fingerprint density at radius 2 is 2.00 bits per heavy atom. The van der Waals surface area contributed by atoms with Crippen LogP contribution in [0.25, 0.3) is 0 Å². The Balaban J connectivity index is 0.000000354. The van der Waals surface area contributed by atoms with Crippen LogP contribution in [0.15, 0.2) is 0 Å². The van der Waals surface area contributed by atoms with Gasteiger partial charge >= 0.3 is 0 Å². The molecule has 0 heterocycles. The molecule has 0 aromatic carbocycles. The van der Waals surface area contributed by atoms with Crippen molar-refractivity contribution in [3.8, 4) is 6.07 Å². The highest BCUT2D eigenvalue weighted by Gasteiger charge is 2.42. The molecular formula is C10H17NO. The Kier molecular flexibility index (Phi) is 5.36. The van der Waals surface area contributed by atoms with Crippen molar-refractivity contribution in [3.05, 3.63) is 0 Å². The van der Waals surface area contributed by atoms with Gasteiger partial charge in [0.05, 0.1) is 11.5 Å². The topological polar surface area (TPSA) is 40.9 Å². The van der Waals surface area contributed by atoms with Crippen molar-refractivity contribution >= 4 is 6.29 Å². The summed E-state index contributed by atoms with van der Waals surface area (Å²) in [6, 6.07) is 2.23. The van der Waals surface area contributed by atoms with E-state index in [-0.39, 0.29) is 5.41 Å². The molecule has 1 fully saturated rings.